The van der Waals surface area contributed by atoms with Gasteiger partial charge < -0.3 is 64.2 Å². The molecule has 0 saturated carbocycles. The Hall–Kier alpha value is -1.53. The van der Waals surface area contributed by atoms with E-state index in [1.807, 2.05) is 0 Å². The molecule has 14 heteroatoms. The molecular weight excluding hydrogens is 813 g/mol. The zero-order valence-corrected chi connectivity index (χ0v) is 39.1. The Labute approximate surface area is 379 Å². The fourth-order valence-corrected chi connectivity index (χ4v) is 7.80. The maximum Gasteiger partial charge on any atom is 0.306 e. The highest BCUT2D eigenvalue weighted by atomic mass is 16.7. The van der Waals surface area contributed by atoms with E-state index in [0.29, 0.717) is 13.0 Å². The van der Waals surface area contributed by atoms with E-state index in [2.05, 4.69) is 38.2 Å². The van der Waals surface area contributed by atoms with Crippen LogP contribution in [0.5, 0.6) is 0 Å². The Morgan fingerprint density at radius 3 is 1.48 bits per heavy atom. The van der Waals surface area contributed by atoms with Gasteiger partial charge in [0.05, 0.1) is 26.4 Å². The fourth-order valence-electron chi connectivity index (χ4n) is 7.80. The van der Waals surface area contributed by atoms with Crippen LogP contribution in [0, 0.1) is 0 Å². The van der Waals surface area contributed by atoms with E-state index in [4.69, 9.17) is 28.4 Å². The average molecular weight is 903 g/mol. The first-order valence-electron chi connectivity index (χ1n) is 24.9. The van der Waals surface area contributed by atoms with Crippen LogP contribution in [0.25, 0.3) is 0 Å². The van der Waals surface area contributed by atoms with E-state index in [1.54, 1.807) is 0 Å². The van der Waals surface area contributed by atoms with Gasteiger partial charge in [0.25, 0.3) is 0 Å². The molecule has 0 bridgehead atoms. The molecule has 2 aliphatic heterocycles. The summed E-state index contributed by atoms with van der Waals surface area (Å²) in [5.74, 6) is -0.386. The molecule has 0 spiro atoms. The van der Waals surface area contributed by atoms with Gasteiger partial charge in [-0.3, -0.25) is 4.79 Å². The van der Waals surface area contributed by atoms with Gasteiger partial charge in [-0.2, -0.15) is 0 Å². The highest BCUT2D eigenvalue weighted by Crippen LogP contribution is 2.26. The summed E-state index contributed by atoms with van der Waals surface area (Å²) in [5.41, 5.74) is 0. The number of aliphatic hydroxyl groups excluding tert-OH is 7. The lowest BCUT2D eigenvalue weighted by Gasteiger charge is -2.42. The van der Waals surface area contributed by atoms with Crippen LogP contribution in [0.2, 0.25) is 0 Å². The number of ether oxygens (including phenoxy) is 6. The summed E-state index contributed by atoms with van der Waals surface area (Å²) in [6, 6.07) is 0. The average Bonchev–Trinajstić information content (AvgIpc) is 3.28. The van der Waals surface area contributed by atoms with Crippen LogP contribution in [-0.4, -0.2) is 142 Å². The normalized spacial score (nSPS) is 27.1. The number of unbranched alkanes of at least 4 members (excludes halogenated alkanes) is 21. The second-order valence-electron chi connectivity index (χ2n) is 17.6. The number of aliphatic hydroxyl groups is 7. The third kappa shape index (κ3) is 25.8. The Morgan fingerprint density at radius 2 is 0.937 bits per heavy atom. The van der Waals surface area contributed by atoms with Crippen molar-refractivity contribution in [2.45, 2.75) is 248 Å². The minimum Gasteiger partial charge on any atom is -0.457 e. The standard InChI is InChI=1S/C49H90O14/c1-3-5-7-9-11-13-15-17-18-19-20-22-24-26-28-30-32-41(51)61-38(35-58-33-31-29-27-25-23-21-16-14-12-10-8-6-4-2)36-59-48-47(57)45(55)43(53)40(63-48)37-60-49-46(56)44(54)42(52)39(34-50)62-49/h12,14,18-19,38-40,42-50,52-57H,3-11,13,15-17,20-37H2,1-2H3/b14-12-,19-18-. The minimum absolute atomic E-state index is 0.0560. The van der Waals surface area contributed by atoms with E-state index in [-0.39, 0.29) is 25.6 Å². The lowest BCUT2D eigenvalue weighted by molar-refractivity contribution is -0.332. The number of hydrogen-bond donors (Lipinski definition) is 7. The molecule has 2 aliphatic rings. The fraction of sp³-hybridized carbons (Fsp3) is 0.898. The van der Waals surface area contributed by atoms with Crippen molar-refractivity contribution in [3.05, 3.63) is 24.3 Å². The summed E-state index contributed by atoms with van der Waals surface area (Å²) < 4.78 is 34.2. The summed E-state index contributed by atoms with van der Waals surface area (Å²) in [5, 5.41) is 72.0. The first-order chi connectivity index (χ1) is 30.6. The second kappa shape index (κ2) is 37.5. The van der Waals surface area contributed by atoms with Crippen LogP contribution in [-0.2, 0) is 33.2 Å². The number of allylic oxidation sites excluding steroid dienone is 4. The van der Waals surface area contributed by atoms with Gasteiger partial charge in [0, 0.05) is 13.0 Å². The molecular formula is C49H90O14. The Balaban J connectivity index is 1.79. The molecule has 14 nitrogen and oxygen atoms in total. The molecule has 0 aliphatic carbocycles. The number of esters is 1. The van der Waals surface area contributed by atoms with Crippen molar-refractivity contribution in [3.63, 3.8) is 0 Å². The molecule has 370 valence electrons. The third-order valence-electron chi connectivity index (χ3n) is 11.9. The zero-order valence-electron chi connectivity index (χ0n) is 39.1. The summed E-state index contributed by atoms with van der Waals surface area (Å²) >= 11 is 0. The molecule has 11 atom stereocenters. The van der Waals surface area contributed by atoms with Gasteiger partial charge in [0.2, 0.25) is 0 Å². The first-order valence-corrected chi connectivity index (χ1v) is 24.9. The van der Waals surface area contributed by atoms with Gasteiger partial charge in [0.1, 0.15) is 54.9 Å². The van der Waals surface area contributed by atoms with E-state index in [0.717, 1.165) is 64.2 Å². The van der Waals surface area contributed by atoms with Crippen LogP contribution < -0.4 is 0 Å². The van der Waals surface area contributed by atoms with Crippen molar-refractivity contribution in [2.24, 2.45) is 0 Å². The monoisotopic (exact) mass is 903 g/mol. The van der Waals surface area contributed by atoms with Gasteiger partial charge in [-0.1, -0.05) is 134 Å². The molecule has 11 unspecified atom stereocenters. The molecule has 0 radical (unpaired) electrons. The molecule has 0 aromatic rings. The van der Waals surface area contributed by atoms with Crippen LogP contribution in [0.1, 0.15) is 181 Å². The predicted octanol–water partition coefficient (Wildman–Crippen LogP) is 6.85. The van der Waals surface area contributed by atoms with Crippen molar-refractivity contribution in [3.8, 4) is 0 Å². The van der Waals surface area contributed by atoms with Gasteiger partial charge in [-0.25, -0.2) is 0 Å². The maximum atomic E-state index is 13.0. The summed E-state index contributed by atoms with van der Waals surface area (Å²) in [6.07, 6.45) is 22.4. The number of carbonyl (C=O) groups is 1. The molecule has 2 heterocycles. The Kier molecular flexibility index (Phi) is 34.3. The van der Waals surface area contributed by atoms with Crippen LogP contribution in [0.4, 0.5) is 0 Å². The number of carbonyl (C=O) groups excluding carboxylic acids is 1. The number of rotatable bonds is 39. The van der Waals surface area contributed by atoms with Crippen molar-refractivity contribution < 1.29 is 69.0 Å². The Bertz CT molecular complexity index is 1140. The first kappa shape index (κ1) is 57.6. The highest BCUT2D eigenvalue weighted by molar-refractivity contribution is 5.69. The van der Waals surface area contributed by atoms with Crippen molar-refractivity contribution in [2.75, 3.05) is 33.0 Å². The Morgan fingerprint density at radius 1 is 0.508 bits per heavy atom. The summed E-state index contributed by atoms with van der Waals surface area (Å²) in [7, 11) is 0. The molecule has 2 saturated heterocycles. The van der Waals surface area contributed by atoms with Crippen LogP contribution >= 0.6 is 0 Å². The largest absolute Gasteiger partial charge is 0.457 e. The van der Waals surface area contributed by atoms with E-state index >= 15 is 0 Å². The van der Waals surface area contributed by atoms with Gasteiger partial charge >= 0.3 is 5.97 Å². The maximum absolute atomic E-state index is 13.0. The van der Waals surface area contributed by atoms with Crippen LogP contribution in [0.3, 0.4) is 0 Å². The smallest absolute Gasteiger partial charge is 0.306 e. The van der Waals surface area contributed by atoms with Gasteiger partial charge in [-0.15, -0.1) is 0 Å². The highest BCUT2D eigenvalue weighted by Gasteiger charge is 2.47. The van der Waals surface area contributed by atoms with E-state index in [9.17, 15) is 40.5 Å². The van der Waals surface area contributed by atoms with Gasteiger partial charge in [0.15, 0.2) is 12.6 Å². The quantitative estimate of drug-likeness (QED) is 0.0191. The molecule has 0 amide bonds. The minimum atomic E-state index is -1.71. The lowest BCUT2D eigenvalue weighted by Crippen LogP contribution is -2.61. The van der Waals surface area contributed by atoms with Crippen molar-refractivity contribution in [1.29, 1.82) is 0 Å². The molecule has 63 heavy (non-hydrogen) atoms. The predicted molar refractivity (Wildman–Crippen MR) is 243 cm³/mol. The lowest BCUT2D eigenvalue weighted by atomic mass is 9.98. The molecule has 2 fully saturated rings. The zero-order chi connectivity index (χ0) is 45.9. The van der Waals surface area contributed by atoms with E-state index in [1.165, 1.54) is 89.9 Å². The van der Waals surface area contributed by atoms with Gasteiger partial charge in [-0.05, 0) is 64.2 Å². The van der Waals surface area contributed by atoms with Crippen molar-refractivity contribution in [1.82, 2.24) is 0 Å². The molecule has 0 aromatic heterocycles. The molecule has 7 N–H and O–H groups in total. The molecule has 2 rings (SSSR count). The second-order valence-corrected chi connectivity index (χ2v) is 17.6. The number of hydrogen-bond acceptors (Lipinski definition) is 14. The topological polar surface area (TPSA) is 214 Å². The third-order valence-corrected chi connectivity index (χ3v) is 11.9. The SMILES string of the molecule is CCCCC/C=C\CCCCCCCCOCC(COC1OC(COC2OC(CO)C(O)C(O)C2O)C(O)C(O)C1O)OC(=O)CCCCCCC/C=C\CCCCCCCCC. The van der Waals surface area contributed by atoms with Crippen molar-refractivity contribution >= 4 is 5.97 Å². The van der Waals surface area contributed by atoms with E-state index < -0.39 is 80.7 Å². The summed E-state index contributed by atoms with van der Waals surface area (Å²) in [4.78, 5) is 13.0. The summed E-state index contributed by atoms with van der Waals surface area (Å²) in [6.45, 7) is 3.64. The van der Waals surface area contributed by atoms with Crippen LogP contribution in [0.15, 0.2) is 24.3 Å². The molecule has 0 aromatic carbocycles.